The number of furan rings is 1. The number of hydrogen-bond donors (Lipinski definition) is 3. The molecular formula is C20H26ClN3O3. The summed E-state index contributed by atoms with van der Waals surface area (Å²) in [5.74, 6) is -0.290. The molecule has 146 valence electrons. The first-order valence-corrected chi connectivity index (χ1v) is 9.04. The summed E-state index contributed by atoms with van der Waals surface area (Å²) in [6.45, 7) is 0.543. The molecule has 0 unspecified atom stereocenters. The zero-order valence-electron chi connectivity index (χ0n) is 15.2. The molecule has 1 aliphatic rings. The molecule has 7 heteroatoms. The number of nitrogens with two attached hydrogens (primary N) is 1. The van der Waals surface area contributed by atoms with Crippen LogP contribution in [-0.2, 0) is 4.79 Å². The van der Waals surface area contributed by atoms with Crippen LogP contribution < -0.4 is 16.4 Å². The predicted octanol–water partition coefficient (Wildman–Crippen LogP) is 4.19. The van der Waals surface area contributed by atoms with Crippen molar-refractivity contribution in [3.63, 3.8) is 0 Å². The van der Waals surface area contributed by atoms with Gasteiger partial charge in [0.15, 0.2) is 0 Å². The molecule has 0 aliphatic heterocycles. The number of hydrogen-bond acceptors (Lipinski definition) is 4. The average molecular weight is 392 g/mol. The largest absolute Gasteiger partial charge is 0.472 e. The number of nitrogens with one attached hydrogen (secondary N) is 2. The first kappa shape index (κ1) is 21.0. The van der Waals surface area contributed by atoms with Crippen LogP contribution in [0.25, 0.3) is 0 Å². The van der Waals surface area contributed by atoms with Gasteiger partial charge in [-0.25, -0.2) is 0 Å². The van der Waals surface area contributed by atoms with Crippen molar-refractivity contribution < 1.29 is 14.0 Å². The third kappa shape index (κ3) is 5.58. The summed E-state index contributed by atoms with van der Waals surface area (Å²) in [5.41, 5.74) is 7.61. The van der Waals surface area contributed by atoms with Gasteiger partial charge in [-0.3, -0.25) is 9.59 Å². The van der Waals surface area contributed by atoms with E-state index in [2.05, 4.69) is 10.6 Å². The molecule has 0 atom stereocenters. The van der Waals surface area contributed by atoms with Crippen molar-refractivity contribution in [1.82, 2.24) is 0 Å². The van der Waals surface area contributed by atoms with Crippen LogP contribution in [0.1, 0.15) is 48.9 Å². The molecule has 0 saturated heterocycles. The molecule has 27 heavy (non-hydrogen) atoms. The maximum Gasteiger partial charge on any atom is 0.258 e. The Hall–Kier alpha value is -2.31. The molecule has 1 heterocycles. The van der Waals surface area contributed by atoms with E-state index in [1.807, 2.05) is 0 Å². The Morgan fingerprint density at radius 3 is 2.41 bits per heavy atom. The van der Waals surface area contributed by atoms with Crippen LogP contribution in [0.4, 0.5) is 11.4 Å². The smallest absolute Gasteiger partial charge is 0.258 e. The lowest BCUT2D eigenvalue weighted by atomic mass is 9.71. The van der Waals surface area contributed by atoms with E-state index in [-0.39, 0.29) is 29.6 Å². The second-order valence-electron chi connectivity index (χ2n) is 7.04. The van der Waals surface area contributed by atoms with Gasteiger partial charge in [0.1, 0.15) is 6.26 Å². The van der Waals surface area contributed by atoms with Gasteiger partial charge in [-0.05, 0) is 49.1 Å². The van der Waals surface area contributed by atoms with Crippen molar-refractivity contribution in [3.8, 4) is 0 Å². The highest BCUT2D eigenvalue weighted by molar-refractivity contribution is 6.04. The van der Waals surface area contributed by atoms with E-state index in [1.54, 1.807) is 30.3 Å². The van der Waals surface area contributed by atoms with Crippen molar-refractivity contribution >= 4 is 35.6 Å². The first-order valence-electron chi connectivity index (χ1n) is 9.04. The molecule has 2 aromatic rings. The van der Waals surface area contributed by atoms with Crippen LogP contribution in [-0.4, -0.2) is 18.4 Å². The second kappa shape index (κ2) is 9.58. The zero-order chi connectivity index (χ0) is 18.4. The topological polar surface area (TPSA) is 97.4 Å². The van der Waals surface area contributed by atoms with Crippen LogP contribution >= 0.6 is 12.4 Å². The molecule has 1 aromatic heterocycles. The van der Waals surface area contributed by atoms with Crippen LogP contribution in [0.5, 0.6) is 0 Å². The summed E-state index contributed by atoms with van der Waals surface area (Å²) >= 11 is 0. The van der Waals surface area contributed by atoms with Gasteiger partial charge < -0.3 is 20.8 Å². The zero-order valence-corrected chi connectivity index (χ0v) is 16.0. The number of benzene rings is 1. The van der Waals surface area contributed by atoms with E-state index < -0.39 is 0 Å². The average Bonchev–Trinajstić information content (AvgIpc) is 3.17. The third-order valence-electron chi connectivity index (χ3n) is 5.07. The fourth-order valence-corrected chi connectivity index (χ4v) is 3.57. The normalized spacial score (nSPS) is 15.4. The third-order valence-corrected chi connectivity index (χ3v) is 5.07. The molecule has 1 saturated carbocycles. The Morgan fingerprint density at radius 1 is 1.07 bits per heavy atom. The fraction of sp³-hybridized carbons (Fsp3) is 0.400. The van der Waals surface area contributed by atoms with Crippen molar-refractivity contribution in [1.29, 1.82) is 0 Å². The fourth-order valence-electron chi connectivity index (χ4n) is 3.57. The second-order valence-corrected chi connectivity index (χ2v) is 7.04. The number of amides is 2. The number of carbonyl (C=O) groups excluding carboxylic acids is 2. The van der Waals surface area contributed by atoms with E-state index in [0.29, 0.717) is 29.9 Å². The molecule has 6 nitrogen and oxygen atoms in total. The quantitative estimate of drug-likeness (QED) is 0.687. The number of anilines is 2. The summed E-state index contributed by atoms with van der Waals surface area (Å²) in [4.78, 5) is 24.6. The first-order chi connectivity index (χ1) is 12.6. The lowest BCUT2D eigenvalue weighted by Crippen LogP contribution is -2.36. The SMILES string of the molecule is Cl.NCC1(CC(=O)Nc2cccc(NC(=O)c3ccoc3)c2)CCCCC1. The van der Waals surface area contributed by atoms with E-state index in [1.165, 1.54) is 18.9 Å². The van der Waals surface area contributed by atoms with E-state index in [9.17, 15) is 9.59 Å². The van der Waals surface area contributed by atoms with Gasteiger partial charge in [-0.2, -0.15) is 0 Å². The van der Waals surface area contributed by atoms with Crippen molar-refractivity contribution in [2.75, 3.05) is 17.2 Å². The maximum absolute atomic E-state index is 12.5. The molecule has 0 bridgehead atoms. The number of carbonyl (C=O) groups is 2. The monoisotopic (exact) mass is 391 g/mol. The van der Waals surface area contributed by atoms with Gasteiger partial charge in [-0.1, -0.05) is 25.3 Å². The standard InChI is InChI=1S/C20H25N3O3.ClH/c21-14-20(8-2-1-3-9-20)12-18(24)22-16-5-4-6-17(11-16)23-19(25)15-7-10-26-13-15;/h4-7,10-11,13H,1-3,8-9,12,14,21H2,(H,22,24)(H,23,25);1H. The van der Waals surface area contributed by atoms with Gasteiger partial charge in [-0.15, -0.1) is 12.4 Å². The van der Waals surface area contributed by atoms with Crippen LogP contribution in [0.3, 0.4) is 0 Å². The molecule has 4 N–H and O–H groups in total. The molecule has 1 aliphatic carbocycles. The van der Waals surface area contributed by atoms with Crippen molar-refractivity contribution in [2.45, 2.75) is 38.5 Å². The van der Waals surface area contributed by atoms with E-state index >= 15 is 0 Å². The van der Waals surface area contributed by atoms with Gasteiger partial charge >= 0.3 is 0 Å². The Kier molecular flexibility index (Phi) is 7.45. The maximum atomic E-state index is 12.5. The summed E-state index contributed by atoms with van der Waals surface area (Å²) < 4.78 is 4.91. The van der Waals surface area contributed by atoms with Crippen LogP contribution in [0.2, 0.25) is 0 Å². The number of rotatable bonds is 6. The highest BCUT2D eigenvalue weighted by atomic mass is 35.5. The summed E-state index contributed by atoms with van der Waals surface area (Å²) in [7, 11) is 0. The predicted molar refractivity (Wildman–Crippen MR) is 108 cm³/mol. The molecule has 1 fully saturated rings. The highest BCUT2D eigenvalue weighted by Crippen LogP contribution is 2.38. The molecule has 1 aromatic carbocycles. The van der Waals surface area contributed by atoms with E-state index in [0.717, 1.165) is 25.7 Å². The Labute approximate surface area is 165 Å². The van der Waals surface area contributed by atoms with Gasteiger partial charge in [0.2, 0.25) is 5.91 Å². The Balaban J connectivity index is 0.00000261. The summed E-state index contributed by atoms with van der Waals surface area (Å²) in [5, 5.41) is 5.72. The van der Waals surface area contributed by atoms with Crippen molar-refractivity contribution in [2.24, 2.45) is 11.1 Å². The molecule has 2 amide bonds. The van der Waals surface area contributed by atoms with E-state index in [4.69, 9.17) is 10.2 Å². The summed E-state index contributed by atoms with van der Waals surface area (Å²) in [6.07, 6.45) is 8.80. The lowest BCUT2D eigenvalue weighted by molar-refractivity contribution is -0.118. The Bertz CT molecular complexity index is 756. The minimum Gasteiger partial charge on any atom is -0.472 e. The van der Waals surface area contributed by atoms with Crippen molar-refractivity contribution in [3.05, 3.63) is 48.4 Å². The Morgan fingerprint density at radius 2 is 1.78 bits per heavy atom. The highest BCUT2D eigenvalue weighted by Gasteiger charge is 2.32. The van der Waals surface area contributed by atoms with Crippen LogP contribution in [0.15, 0.2) is 47.3 Å². The molecular weight excluding hydrogens is 366 g/mol. The molecule has 0 spiro atoms. The number of halogens is 1. The minimum absolute atomic E-state index is 0. The summed E-state index contributed by atoms with van der Waals surface area (Å²) in [6, 6.07) is 8.71. The lowest BCUT2D eigenvalue weighted by Gasteiger charge is -2.35. The molecule has 0 radical (unpaired) electrons. The van der Waals surface area contributed by atoms with Gasteiger partial charge in [0, 0.05) is 17.8 Å². The van der Waals surface area contributed by atoms with Gasteiger partial charge in [0.25, 0.3) is 5.91 Å². The minimum atomic E-state index is -0.258. The van der Waals surface area contributed by atoms with Gasteiger partial charge in [0.05, 0.1) is 11.8 Å². The van der Waals surface area contributed by atoms with Crippen LogP contribution in [0, 0.1) is 5.41 Å². The molecule has 3 rings (SSSR count).